The summed E-state index contributed by atoms with van der Waals surface area (Å²) in [6.07, 6.45) is 0. The summed E-state index contributed by atoms with van der Waals surface area (Å²) >= 11 is 1.87. The van der Waals surface area contributed by atoms with Gasteiger partial charge in [-0.2, -0.15) is 9.97 Å². The van der Waals surface area contributed by atoms with Crippen molar-refractivity contribution in [3.8, 4) is 56.8 Å². The Bertz CT molecular complexity index is 3710. The third-order valence-electron chi connectivity index (χ3n) is 13.0. The zero-order chi connectivity index (χ0) is 41.1. The van der Waals surface area contributed by atoms with E-state index in [2.05, 4.69) is 175 Å². The van der Waals surface area contributed by atoms with Crippen molar-refractivity contribution in [2.24, 2.45) is 0 Å². The Labute approximate surface area is 361 Å². The minimum atomic E-state index is -0.300. The average Bonchev–Trinajstić information content (AvgIpc) is 4.05. The van der Waals surface area contributed by atoms with Crippen LogP contribution in [0.25, 0.3) is 110 Å². The van der Waals surface area contributed by atoms with E-state index in [1.54, 1.807) is 0 Å². The van der Waals surface area contributed by atoms with E-state index in [1.165, 1.54) is 59.1 Å². The van der Waals surface area contributed by atoms with Crippen LogP contribution in [0, 0.1) is 0 Å². The van der Waals surface area contributed by atoms with Gasteiger partial charge in [0, 0.05) is 64.1 Å². The van der Waals surface area contributed by atoms with Gasteiger partial charge in [0.05, 0.1) is 22.2 Å². The van der Waals surface area contributed by atoms with E-state index < -0.39 is 0 Å². The second-order valence-corrected chi connectivity index (χ2v) is 17.8. The third kappa shape index (κ3) is 4.98. The van der Waals surface area contributed by atoms with E-state index >= 15 is 0 Å². The van der Waals surface area contributed by atoms with E-state index in [9.17, 15) is 0 Å². The lowest BCUT2D eigenvalue weighted by Crippen LogP contribution is -2.15. The Hall–Kier alpha value is -7.67. The van der Waals surface area contributed by atoms with Crippen molar-refractivity contribution in [2.45, 2.75) is 19.3 Å². The van der Waals surface area contributed by atoms with Crippen LogP contribution in [-0.2, 0) is 5.41 Å². The first-order valence-electron chi connectivity index (χ1n) is 21.1. The van der Waals surface area contributed by atoms with Gasteiger partial charge in [0.1, 0.15) is 0 Å². The van der Waals surface area contributed by atoms with Gasteiger partial charge in [0.2, 0.25) is 5.95 Å². The van der Waals surface area contributed by atoms with E-state index in [0.29, 0.717) is 17.6 Å². The van der Waals surface area contributed by atoms with E-state index in [-0.39, 0.29) is 5.41 Å². The van der Waals surface area contributed by atoms with Gasteiger partial charge < -0.3 is 4.57 Å². The Morgan fingerprint density at radius 2 is 1.10 bits per heavy atom. The standard InChI is InChI=1S/C56H37N5S/c1-56(2)44-27-14-12-24-42(44)51-49(56)48-46(60(51)37-21-10-5-11-22-37)32-30-40-43-33-36(38-25-16-26-41-39-23-13-15-28-47(39)62-52(38)41)29-31-45(43)61(50(40)48)55-58-53(34-17-6-3-7-18-34)57-54(59-55)35-19-8-4-9-20-35/h3-33H,1-2H3. The highest BCUT2D eigenvalue weighted by Gasteiger charge is 2.41. The average molecular weight is 812 g/mol. The molecular formula is C56H37N5S. The molecule has 0 aliphatic heterocycles. The maximum atomic E-state index is 5.39. The quantitative estimate of drug-likeness (QED) is 0.174. The SMILES string of the molecule is CC1(C)c2ccccc2-c2c1c1c(ccc3c4cc(-c5cccc6c5sc5ccccc56)ccc4n(-c4nc(-c5ccccc5)nc(-c5ccccc5)n4)c31)n2-c1ccccc1. The van der Waals surface area contributed by atoms with Crippen molar-refractivity contribution in [1.29, 1.82) is 0 Å². The molecular weight excluding hydrogens is 775 g/mol. The first-order valence-corrected chi connectivity index (χ1v) is 21.9. The summed E-state index contributed by atoms with van der Waals surface area (Å²) in [6.45, 7) is 4.76. The molecule has 13 rings (SSSR count). The van der Waals surface area contributed by atoms with Crippen LogP contribution in [-0.4, -0.2) is 24.1 Å². The highest BCUT2D eigenvalue weighted by atomic mass is 32.1. The molecule has 0 atom stereocenters. The molecule has 0 fully saturated rings. The highest BCUT2D eigenvalue weighted by Crippen LogP contribution is 2.56. The van der Waals surface area contributed by atoms with Crippen LogP contribution in [0.5, 0.6) is 0 Å². The molecule has 1 aliphatic carbocycles. The van der Waals surface area contributed by atoms with Gasteiger partial charge in [0.25, 0.3) is 0 Å². The summed E-state index contributed by atoms with van der Waals surface area (Å²) in [5.74, 6) is 1.84. The molecule has 4 aromatic heterocycles. The van der Waals surface area contributed by atoms with Crippen LogP contribution >= 0.6 is 11.3 Å². The molecule has 0 bridgehead atoms. The molecule has 0 saturated carbocycles. The summed E-state index contributed by atoms with van der Waals surface area (Å²) in [5.41, 5.74) is 13.5. The number of para-hydroxylation sites is 1. The fraction of sp³-hybridized carbons (Fsp3) is 0.0536. The fourth-order valence-electron chi connectivity index (χ4n) is 10.2. The van der Waals surface area contributed by atoms with Crippen molar-refractivity contribution in [2.75, 3.05) is 0 Å². The fourth-order valence-corrected chi connectivity index (χ4v) is 11.4. The minimum Gasteiger partial charge on any atom is -0.309 e. The molecule has 8 aromatic carbocycles. The summed E-state index contributed by atoms with van der Waals surface area (Å²) in [7, 11) is 0. The molecule has 5 nitrogen and oxygen atoms in total. The summed E-state index contributed by atoms with van der Waals surface area (Å²) < 4.78 is 7.40. The normalized spacial score (nSPS) is 13.1. The van der Waals surface area contributed by atoms with Crippen LogP contribution in [0.3, 0.4) is 0 Å². The number of nitrogens with zero attached hydrogens (tertiary/aromatic N) is 5. The number of hydrogen-bond acceptors (Lipinski definition) is 4. The Morgan fingerprint density at radius 1 is 0.468 bits per heavy atom. The molecule has 0 N–H and O–H groups in total. The molecule has 292 valence electrons. The molecule has 0 saturated heterocycles. The second kappa shape index (κ2) is 13.2. The molecule has 12 aromatic rings. The first kappa shape index (κ1) is 35.1. The lowest BCUT2D eigenvalue weighted by Gasteiger charge is -2.22. The number of rotatable bonds is 5. The Balaban J connectivity index is 1.19. The van der Waals surface area contributed by atoms with Gasteiger partial charge in [-0.3, -0.25) is 4.57 Å². The van der Waals surface area contributed by atoms with Gasteiger partial charge in [-0.05, 0) is 58.7 Å². The van der Waals surface area contributed by atoms with Crippen LogP contribution in [0.1, 0.15) is 25.0 Å². The van der Waals surface area contributed by atoms with Crippen molar-refractivity contribution in [3.63, 3.8) is 0 Å². The van der Waals surface area contributed by atoms with Gasteiger partial charge in [-0.15, -0.1) is 11.3 Å². The summed E-state index contributed by atoms with van der Waals surface area (Å²) in [4.78, 5) is 15.9. The molecule has 62 heavy (non-hydrogen) atoms. The van der Waals surface area contributed by atoms with Gasteiger partial charge in [0.15, 0.2) is 11.6 Å². The number of hydrogen-bond donors (Lipinski definition) is 0. The smallest absolute Gasteiger partial charge is 0.238 e. The number of thiophene rings is 1. The number of benzene rings is 8. The predicted octanol–water partition coefficient (Wildman–Crippen LogP) is 14.6. The van der Waals surface area contributed by atoms with E-state index in [4.69, 9.17) is 15.0 Å². The molecule has 0 unspecified atom stereocenters. The zero-order valence-corrected chi connectivity index (χ0v) is 34.9. The van der Waals surface area contributed by atoms with Crippen LogP contribution in [0.15, 0.2) is 188 Å². The van der Waals surface area contributed by atoms with Crippen molar-refractivity contribution in [1.82, 2.24) is 24.1 Å². The summed E-state index contributed by atoms with van der Waals surface area (Å²) in [5, 5.41) is 6.09. The topological polar surface area (TPSA) is 48.5 Å². The maximum absolute atomic E-state index is 5.39. The molecule has 1 aliphatic rings. The zero-order valence-electron chi connectivity index (χ0n) is 34.0. The maximum Gasteiger partial charge on any atom is 0.238 e. The number of fused-ring (bicyclic) bond motifs is 12. The Kier molecular flexibility index (Phi) is 7.46. The monoisotopic (exact) mass is 811 g/mol. The largest absolute Gasteiger partial charge is 0.309 e. The highest BCUT2D eigenvalue weighted by molar-refractivity contribution is 7.26. The van der Waals surface area contributed by atoms with Crippen LogP contribution in [0.2, 0.25) is 0 Å². The van der Waals surface area contributed by atoms with Crippen LogP contribution in [0.4, 0.5) is 0 Å². The molecule has 0 radical (unpaired) electrons. The number of aromatic nitrogens is 5. The van der Waals surface area contributed by atoms with Gasteiger partial charge in [-0.25, -0.2) is 4.98 Å². The molecule has 4 heterocycles. The van der Waals surface area contributed by atoms with Crippen molar-refractivity contribution >= 4 is 64.2 Å². The molecule has 0 amide bonds. The second-order valence-electron chi connectivity index (χ2n) is 16.8. The predicted molar refractivity (Wildman–Crippen MR) is 258 cm³/mol. The van der Waals surface area contributed by atoms with Gasteiger partial charge in [-0.1, -0.05) is 166 Å². The molecule has 0 spiro atoms. The minimum absolute atomic E-state index is 0.300. The lowest BCUT2D eigenvalue weighted by atomic mass is 9.81. The van der Waals surface area contributed by atoms with Crippen molar-refractivity contribution in [3.05, 3.63) is 199 Å². The van der Waals surface area contributed by atoms with Gasteiger partial charge >= 0.3 is 0 Å². The Morgan fingerprint density at radius 3 is 1.85 bits per heavy atom. The first-order chi connectivity index (χ1) is 30.5. The lowest BCUT2D eigenvalue weighted by molar-refractivity contribution is 0.666. The third-order valence-corrected chi connectivity index (χ3v) is 14.2. The van der Waals surface area contributed by atoms with E-state index in [0.717, 1.165) is 44.1 Å². The molecule has 6 heteroatoms. The van der Waals surface area contributed by atoms with E-state index in [1.807, 2.05) is 47.7 Å². The summed E-state index contributed by atoms with van der Waals surface area (Å²) in [6, 6.07) is 67.3. The van der Waals surface area contributed by atoms with Crippen LogP contribution < -0.4 is 0 Å². The van der Waals surface area contributed by atoms with Crippen molar-refractivity contribution < 1.29 is 0 Å².